The summed E-state index contributed by atoms with van der Waals surface area (Å²) >= 11 is 3.22. The molecular formula is C32H37N4O4S2+. The van der Waals surface area contributed by atoms with Gasteiger partial charge in [0.05, 0.1) is 47.3 Å². The van der Waals surface area contributed by atoms with Crippen molar-refractivity contribution in [3.05, 3.63) is 78.4 Å². The maximum absolute atomic E-state index is 13.5. The molecule has 10 heteroatoms. The van der Waals surface area contributed by atoms with Crippen molar-refractivity contribution in [3.63, 3.8) is 0 Å². The summed E-state index contributed by atoms with van der Waals surface area (Å²) < 4.78 is 17.5. The Morgan fingerprint density at radius 2 is 1.69 bits per heavy atom. The predicted octanol–water partition coefficient (Wildman–Crippen LogP) is 4.45. The molecule has 0 radical (unpaired) electrons. The predicted molar refractivity (Wildman–Crippen MR) is 172 cm³/mol. The van der Waals surface area contributed by atoms with E-state index >= 15 is 0 Å². The third-order valence-electron chi connectivity index (χ3n) is 7.39. The first-order valence-corrected chi connectivity index (χ1v) is 16.0. The highest BCUT2D eigenvalue weighted by atomic mass is 32.1. The molecule has 0 unspecified atom stereocenters. The number of thiazole rings is 2. The number of hydrogen-bond donors (Lipinski definition) is 0. The summed E-state index contributed by atoms with van der Waals surface area (Å²) in [7, 11) is 1.68. The first kappa shape index (κ1) is 29.6. The van der Waals surface area contributed by atoms with E-state index in [0.29, 0.717) is 29.8 Å². The van der Waals surface area contributed by atoms with Crippen LogP contribution in [0.2, 0.25) is 0 Å². The standard InChI is InChI=1S/C32H37N4O4S2/c1-7-33-23-14-12-21(32(38)40-11-5)18-24(23)34(8-2)28(33)17-16-27-31(37)36(10-4)30(42-27)20-29-35(9-3)25-19-22(39-6)13-15-26(25)41-29/h12-20H,7-11H2,1-6H3/q+1/b27-16+,28-17+. The van der Waals surface area contributed by atoms with E-state index in [1.165, 1.54) is 16.0 Å². The van der Waals surface area contributed by atoms with Crippen LogP contribution in [0.25, 0.3) is 22.4 Å². The number of fused-ring (bicyclic) bond motifs is 2. The molecule has 2 aromatic carbocycles. The van der Waals surface area contributed by atoms with Crippen molar-refractivity contribution in [1.29, 1.82) is 0 Å². The fourth-order valence-electron chi connectivity index (χ4n) is 5.40. The lowest BCUT2D eigenvalue weighted by atomic mass is 10.1. The second-order valence-electron chi connectivity index (χ2n) is 9.62. The number of anilines is 2. The molecule has 0 N–H and O–H groups in total. The SMILES string of the molecule is CCOC(=O)c1ccc2c(c1)N(CC)/C(=C/C=c1/s/c(=C\c3sc4ccc(OC)cc4[n+]3CC)n(CC)c1=O)N2CC. The second kappa shape index (κ2) is 12.5. The Balaban J connectivity index is 1.59. The molecule has 0 spiro atoms. The first-order chi connectivity index (χ1) is 20.4. The van der Waals surface area contributed by atoms with Gasteiger partial charge in [-0.25, -0.2) is 4.79 Å². The van der Waals surface area contributed by atoms with Crippen molar-refractivity contribution in [2.45, 2.75) is 47.7 Å². The van der Waals surface area contributed by atoms with Crippen LogP contribution in [-0.4, -0.2) is 37.3 Å². The van der Waals surface area contributed by atoms with Crippen molar-refractivity contribution >= 4 is 62.4 Å². The number of carbonyl (C=O) groups is 1. The Morgan fingerprint density at radius 1 is 0.929 bits per heavy atom. The first-order valence-electron chi connectivity index (χ1n) is 14.4. The largest absolute Gasteiger partial charge is 0.497 e. The van der Waals surface area contributed by atoms with Gasteiger partial charge in [-0.2, -0.15) is 4.57 Å². The number of rotatable bonds is 9. The monoisotopic (exact) mass is 605 g/mol. The summed E-state index contributed by atoms with van der Waals surface area (Å²) in [6.45, 7) is 13.3. The lowest BCUT2D eigenvalue weighted by molar-refractivity contribution is -0.665. The zero-order chi connectivity index (χ0) is 30.0. The quantitative estimate of drug-likeness (QED) is 0.208. The number of carbonyl (C=O) groups excluding carboxylic acids is 1. The van der Waals surface area contributed by atoms with E-state index in [-0.39, 0.29) is 11.5 Å². The number of aromatic nitrogens is 2. The highest BCUT2D eigenvalue weighted by Crippen LogP contribution is 2.42. The Morgan fingerprint density at radius 3 is 2.36 bits per heavy atom. The minimum atomic E-state index is -0.326. The van der Waals surface area contributed by atoms with Crippen LogP contribution in [0.1, 0.15) is 50.0 Å². The fourth-order valence-corrected chi connectivity index (χ4v) is 7.67. The molecular weight excluding hydrogens is 569 g/mol. The molecule has 4 aromatic rings. The van der Waals surface area contributed by atoms with Crippen LogP contribution in [0.4, 0.5) is 11.4 Å². The minimum absolute atomic E-state index is 0.00244. The van der Waals surface area contributed by atoms with E-state index in [2.05, 4.69) is 53.3 Å². The zero-order valence-electron chi connectivity index (χ0n) is 25.0. The fraction of sp³-hybridized carbons (Fsp3) is 0.344. The van der Waals surface area contributed by atoms with Crippen LogP contribution < -0.4 is 33.9 Å². The molecule has 2 aromatic heterocycles. The van der Waals surface area contributed by atoms with Crippen LogP contribution in [0.5, 0.6) is 5.75 Å². The molecule has 5 rings (SSSR count). The van der Waals surface area contributed by atoms with Gasteiger partial charge in [-0.15, -0.1) is 11.3 Å². The van der Waals surface area contributed by atoms with Gasteiger partial charge in [0.2, 0.25) is 5.52 Å². The van der Waals surface area contributed by atoms with E-state index in [4.69, 9.17) is 9.47 Å². The number of hydrogen-bond acceptors (Lipinski definition) is 8. The second-order valence-corrected chi connectivity index (χ2v) is 11.7. The topological polar surface area (TPSA) is 67.9 Å². The molecule has 0 aliphatic carbocycles. The van der Waals surface area contributed by atoms with Gasteiger partial charge >= 0.3 is 5.97 Å². The van der Waals surface area contributed by atoms with Gasteiger partial charge in [0.15, 0.2) is 0 Å². The van der Waals surface area contributed by atoms with Crippen LogP contribution in [0, 0.1) is 0 Å². The normalized spacial score (nSPS) is 14.9. The maximum Gasteiger partial charge on any atom is 0.338 e. The Bertz CT molecular complexity index is 1850. The van der Waals surface area contributed by atoms with Gasteiger partial charge in [-0.1, -0.05) is 11.3 Å². The van der Waals surface area contributed by atoms with Crippen LogP contribution in [-0.2, 0) is 17.8 Å². The molecule has 0 saturated heterocycles. The van der Waals surface area contributed by atoms with E-state index in [1.807, 2.05) is 47.9 Å². The molecule has 0 atom stereocenters. The number of aryl methyl sites for hydroxylation is 1. The molecule has 0 bridgehead atoms. The van der Waals surface area contributed by atoms with Gasteiger partial charge < -0.3 is 19.3 Å². The van der Waals surface area contributed by atoms with Gasteiger partial charge in [0.25, 0.3) is 10.6 Å². The highest BCUT2D eigenvalue weighted by molar-refractivity contribution is 7.19. The van der Waals surface area contributed by atoms with E-state index < -0.39 is 0 Å². The van der Waals surface area contributed by atoms with Crippen molar-refractivity contribution in [3.8, 4) is 5.75 Å². The summed E-state index contributed by atoms with van der Waals surface area (Å²) in [5.41, 5.74) is 3.65. The number of nitrogens with zero attached hydrogens (tertiary/aromatic N) is 4. The molecule has 0 saturated carbocycles. The van der Waals surface area contributed by atoms with Crippen LogP contribution in [0.3, 0.4) is 0 Å². The number of esters is 1. The summed E-state index contributed by atoms with van der Waals surface area (Å²) in [5.74, 6) is 1.47. The van der Waals surface area contributed by atoms with Crippen molar-refractivity contribution < 1.29 is 18.8 Å². The van der Waals surface area contributed by atoms with Gasteiger partial charge in [0.1, 0.15) is 27.5 Å². The maximum atomic E-state index is 13.5. The van der Waals surface area contributed by atoms with Gasteiger partial charge in [-0.3, -0.25) is 9.36 Å². The van der Waals surface area contributed by atoms with Crippen LogP contribution in [0.15, 0.2) is 53.1 Å². The Hall–Kier alpha value is -3.89. The van der Waals surface area contributed by atoms with Gasteiger partial charge in [0, 0.05) is 19.6 Å². The third-order valence-corrected chi connectivity index (χ3v) is 9.58. The van der Waals surface area contributed by atoms with Crippen molar-refractivity contribution in [2.75, 3.05) is 36.6 Å². The molecule has 3 heterocycles. The number of allylic oxidation sites excluding steroid dienone is 1. The lowest BCUT2D eigenvalue weighted by Crippen LogP contribution is -2.35. The molecule has 220 valence electrons. The smallest absolute Gasteiger partial charge is 0.338 e. The summed E-state index contributed by atoms with van der Waals surface area (Å²) in [4.78, 5) is 30.3. The number of methoxy groups -OCH3 is 1. The molecule has 1 aliphatic rings. The number of benzene rings is 2. The molecule has 42 heavy (non-hydrogen) atoms. The lowest BCUT2D eigenvalue weighted by Gasteiger charge is -2.23. The number of ether oxygens (including phenoxy) is 2. The van der Waals surface area contributed by atoms with E-state index in [0.717, 1.165) is 51.2 Å². The van der Waals surface area contributed by atoms with Crippen LogP contribution >= 0.6 is 22.7 Å². The molecule has 0 amide bonds. The Labute approximate surface area is 253 Å². The van der Waals surface area contributed by atoms with E-state index in [9.17, 15) is 9.59 Å². The summed E-state index contributed by atoms with van der Waals surface area (Å²) in [5, 5.41) is 1.09. The average Bonchev–Trinajstić information content (AvgIpc) is 3.62. The van der Waals surface area contributed by atoms with E-state index in [1.54, 1.807) is 25.4 Å². The Kier molecular flexibility index (Phi) is 8.84. The molecule has 1 aliphatic heterocycles. The third kappa shape index (κ3) is 5.25. The highest BCUT2D eigenvalue weighted by Gasteiger charge is 2.30. The minimum Gasteiger partial charge on any atom is -0.497 e. The summed E-state index contributed by atoms with van der Waals surface area (Å²) in [6, 6.07) is 11.8. The zero-order valence-corrected chi connectivity index (χ0v) is 26.6. The molecule has 0 fully saturated rings. The summed E-state index contributed by atoms with van der Waals surface area (Å²) in [6.07, 6.45) is 6.07. The molecule has 8 nitrogen and oxygen atoms in total. The van der Waals surface area contributed by atoms with Crippen molar-refractivity contribution in [2.24, 2.45) is 0 Å². The van der Waals surface area contributed by atoms with Gasteiger partial charge in [-0.05, 0) is 77.1 Å². The van der Waals surface area contributed by atoms with Crippen molar-refractivity contribution in [1.82, 2.24) is 4.57 Å². The average molecular weight is 606 g/mol.